The Morgan fingerprint density at radius 1 is 1.11 bits per heavy atom. The van der Waals surface area contributed by atoms with Gasteiger partial charge in [-0.1, -0.05) is 6.07 Å². The zero-order chi connectivity index (χ0) is 26.5. The number of rotatable bonds is 9. The average Bonchev–Trinajstić information content (AvgIpc) is 2.82. The quantitative estimate of drug-likeness (QED) is 0.263. The molecular weight excluding hydrogens is 486 g/mol. The summed E-state index contributed by atoms with van der Waals surface area (Å²) >= 11 is 0. The van der Waals surface area contributed by atoms with Crippen molar-refractivity contribution in [2.45, 2.75) is 24.8 Å². The van der Waals surface area contributed by atoms with Crippen LogP contribution < -0.4 is 10.1 Å². The molecule has 0 atom stereocenters. The first kappa shape index (κ1) is 26.8. The lowest BCUT2D eigenvalue weighted by Gasteiger charge is -2.15. The number of azo groups is 2. The van der Waals surface area contributed by atoms with Gasteiger partial charge in [0.05, 0.1) is 16.1 Å². The molecule has 36 heavy (non-hydrogen) atoms. The first-order valence-corrected chi connectivity index (χ1v) is 12.3. The summed E-state index contributed by atoms with van der Waals surface area (Å²) in [5, 5.41) is 26.4. The largest absolute Gasteiger partial charge is 0.744 e. The van der Waals surface area contributed by atoms with Crippen LogP contribution in [0.1, 0.15) is 12.0 Å². The van der Waals surface area contributed by atoms with E-state index in [1.807, 2.05) is 19.0 Å². The normalized spacial score (nSPS) is 12.3. The van der Waals surface area contributed by atoms with Crippen LogP contribution in [0.2, 0.25) is 0 Å². The molecule has 0 amide bonds. The highest BCUT2D eigenvalue weighted by Gasteiger charge is 2.25. The van der Waals surface area contributed by atoms with Crippen molar-refractivity contribution in [1.82, 2.24) is 9.47 Å². The lowest BCUT2D eigenvalue weighted by molar-refractivity contribution is -0.597. The Kier molecular flexibility index (Phi) is 8.40. The van der Waals surface area contributed by atoms with Gasteiger partial charge in [-0.15, -0.1) is 10.2 Å². The third kappa shape index (κ3) is 6.05. The maximum absolute atomic E-state index is 13.4. The van der Waals surface area contributed by atoms with Gasteiger partial charge in [-0.25, -0.2) is 8.42 Å². The Bertz CT molecular complexity index is 1470. The first-order chi connectivity index (χ1) is 17.0. The molecule has 1 aromatic carbocycles. The monoisotopic (exact) mass is 513 g/mol. The van der Waals surface area contributed by atoms with Gasteiger partial charge in [-0.3, -0.25) is 9.36 Å². The summed E-state index contributed by atoms with van der Waals surface area (Å²) in [6.07, 6.45) is 3.95. The minimum atomic E-state index is -4.92. The molecule has 2 heterocycles. The van der Waals surface area contributed by atoms with E-state index >= 15 is 0 Å². The number of hydrogen-bond acceptors (Lipinski definition) is 10. The van der Waals surface area contributed by atoms with Crippen molar-refractivity contribution >= 4 is 27.2 Å². The summed E-state index contributed by atoms with van der Waals surface area (Å²) in [6.45, 7) is 2.49. The minimum absolute atomic E-state index is 0.0302. The van der Waals surface area contributed by atoms with Crippen molar-refractivity contribution in [3.8, 4) is 11.6 Å². The van der Waals surface area contributed by atoms with E-state index in [1.165, 1.54) is 23.7 Å². The molecule has 12 nitrogen and oxygen atoms in total. The molecule has 3 aromatic rings. The highest BCUT2D eigenvalue weighted by Crippen LogP contribution is 2.35. The predicted octanol–water partition coefficient (Wildman–Crippen LogP) is 3.12. The zero-order valence-electron chi connectivity index (χ0n) is 20.4. The van der Waals surface area contributed by atoms with Crippen LogP contribution in [0.15, 0.2) is 78.9 Å². The third-order valence-electron chi connectivity index (χ3n) is 5.27. The van der Waals surface area contributed by atoms with Gasteiger partial charge in [-0.2, -0.15) is 14.8 Å². The standard InChI is InChI=1S/C23H27N7O5S/c1-16-20(27-26-18-10-9-17(25-24-2)15-19(18)36(33,34)35)22(31)30(14-8-11-28(3)4)23(32)21(16)29-12-6-5-7-13-29/h5-7,9-10,12-13,15H,8,11,14H2,1-4H3,(H-,24,26,31,32,33,34,35). The lowest BCUT2D eigenvalue weighted by atomic mass is 10.2. The fourth-order valence-electron chi connectivity index (χ4n) is 3.58. The van der Waals surface area contributed by atoms with E-state index in [2.05, 4.69) is 20.5 Å². The topological polar surface area (TPSA) is 156 Å². The summed E-state index contributed by atoms with van der Waals surface area (Å²) in [5.41, 5.74) is 0.0421. The van der Waals surface area contributed by atoms with Crippen LogP contribution in [0.4, 0.5) is 17.1 Å². The van der Waals surface area contributed by atoms with E-state index < -0.39 is 26.5 Å². The summed E-state index contributed by atoms with van der Waals surface area (Å²) < 4.78 is 38.3. The van der Waals surface area contributed by atoms with Crippen LogP contribution in [-0.4, -0.2) is 55.2 Å². The van der Waals surface area contributed by atoms with Gasteiger partial charge in [0.2, 0.25) is 5.88 Å². The van der Waals surface area contributed by atoms with Crippen LogP contribution in [0.3, 0.4) is 0 Å². The number of hydrogen-bond donors (Lipinski definition) is 1. The van der Waals surface area contributed by atoms with Gasteiger partial charge < -0.3 is 14.6 Å². The second-order valence-electron chi connectivity index (χ2n) is 8.15. The number of nitrogens with zero attached hydrogens (tertiary/aromatic N) is 7. The molecule has 0 aliphatic rings. The number of benzene rings is 1. The summed E-state index contributed by atoms with van der Waals surface area (Å²) in [4.78, 5) is 14.7. The highest BCUT2D eigenvalue weighted by molar-refractivity contribution is 7.86. The van der Waals surface area contributed by atoms with E-state index in [1.54, 1.807) is 42.1 Å². The molecule has 0 fully saturated rings. The van der Waals surface area contributed by atoms with Crippen molar-refractivity contribution in [1.29, 1.82) is 0 Å². The average molecular weight is 514 g/mol. The van der Waals surface area contributed by atoms with Crippen LogP contribution in [-0.2, 0) is 16.7 Å². The molecule has 190 valence electrons. The smallest absolute Gasteiger partial charge is 0.326 e. The third-order valence-corrected chi connectivity index (χ3v) is 6.14. The Balaban J connectivity index is 2.20. The number of pyridine rings is 2. The lowest BCUT2D eigenvalue weighted by Crippen LogP contribution is -2.40. The van der Waals surface area contributed by atoms with Gasteiger partial charge in [0.1, 0.15) is 15.8 Å². The molecule has 1 N–H and O–H groups in total. The predicted molar refractivity (Wildman–Crippen MR) is 131 cm³/mol. The van der Waals surface area contributed by atoms with Crippen molar-refractivity contribution in [2.75, 3.05) is 27.7 Å². The highest BCUT2D eigenvalue weighted by atomic mass is 32.2. The molecule has 2 aromatic heterocycles. The van der Waals surface area contributed by atoms with E-state index in [0.717, 1.165) is 6.07 Å². The van der Waals surface area contributed by atoms with Crippen molar-refractivity contribution in [3.05, 3.63) is 64.7 Å². The molecule has 3 rings (SSSR count). The molecule has 0 aliphatic heterocycles. The minimum Gasteiger partial charge on any atom is -0.744 e. The van der Waals surface area contributed by atoms with Crippen molar-refractivity contribution in [2.24, 2.45) is 20.5 Å². The van der Waals surface area contributed by atoms with Gasteiger partial charge >= 0.3 is 5.56 Å². The molecule has 0 bridgehead atoms. The van der Waals surface area contributed by atoms with Gasteiger partial charge in [0, 0.05) is 25.7 Å². The van der Waals surface area contributed by atoms with E-state index in [-0.39, 0.29) is 29.3 Å². The van der Waals surface area contributed by atoms with E-state index in [9.17, 15) is 22.9 Å². The summed E-state index contributed by atoms with van der Waals surface area (Å²) in [5.74, 6) is -0.414. The van der Waals surface area contributed by atoms with Gasteiger partial charge in [0.25, 0.3) is 5.69 Å². The molecule has 0 saturated heterocycles. The second kappa shape index (κ2) is 11.3. The Morgan fingerprint density at radius 2 is 1.81 bits per heavy atom. The molecule has 0 saturated carbocycles. The fourth-order valence-corrected chi connectivity index (χ4v) is 4.21. The zero-order valence-corrected chi connectivity index (χ0v) is 21.2. The number of aromatic hydroxyl groups is 1. The maximum atomic E-state index is 13.4. The van der Waals surface area contributed by atoms with Crippen LogP contribution in [0, 0.1) is 6.92 Å². The maximum Gasteiger partial charge on any atom is 0.326 e. The molecule has 13 heteroatoms. The van der Waals surface area contributed by atoms with Gasteiger partial charge in [0.15, 0.2) is 18.1 Å². The van der Waals surface area contributed by atoms with E-state index in [4.69, 9.17) is 0 Å². The molecule has 0 unspecified atom stereocenters. The van der Waals surface area contributed by atoms with Gasteiger partial charge in [-0.05, 0) is 52.2 Å². The first-order valence-electron chi connectivity index (χ1n) is 10.9. The number of aromatic nitrogens is 2. The molecule has 0 spiro atoms. The van der Waals surface area contributed by atoms with Crippen LogP contribution in [0.25, 0.3) is 5.69 Å². The Morgan fingerprint density at radius 3 is 2.42 bits per heavy atom. The molecular formula is C23H27N7O5S. The SMILES string of the molecule is CN=Nc1ccc(N=Nc2c(C)c(-[n+]3ccccc3)c(=O)n(CCCN(C)C)c2O)c(S(=O)(=O)[O-])c1. The second-order valence-corrected chi connectivity index (χ2v) is 9.50. The van der Waals surface area contributed by atoms with E-state index in [0.29, 0.717) is 18.5 Å². The molecule has 0 aliphatic carbocycles. The Hall–Kier alpha value is -3.81. The van der Waals surface area contributed by atoms with Crippen molar-refractivity contribution in [3.63, 3.8) is 0 Å². The summed E-state index contributed by atoms with van der Waals surface area (Å²) in [6, 6.07) is 9.05. The Labute approximate surface area is 208 Å². The van der Waals surface area contributed by atoms with Crippen molar-refractivity contribution < 1.29 is 22.6 Å². The fraction of sp³-hybridized carbons (Fsp3) is 0.304. The van der Waals surface area contributed by atoms with Crippen LogP contribution >= 0.6 is 0 Å². The van der Waals surface area contributed by atoms with Crippen LogP contribution in [0.5, 0.6) is 5.88 Å². The summed E-state index contributed by atoms with van der Waals surface area (Å²) in [7, 11) is 0.287. The molecule has 0 radical (unpaired) electrons.